The van der Waals surface area contributed by atoms with E-state index in [1.165, 1.54) is 17.3 Å². The first-order chi connectivity index (χ1) is 18.5. The van der Waals surface area contributed by atoms with Gasteiger partial charge in [0.25, 0.3) is 11.5 Å². The number of aryl methyl sites for hydroxylation is 1. The van der Waals surface area contributed by atoms with Crippen LogP contribution in [0, 0.1) is 6.92 Å². The van der Waals surface area contributed by atoms with Gasteiger partial charge in [-0.3, -0.25) is 19.1 Å². The Balaban J connectivity index is 0.00000353. The summed E-state index contributed by atoms with van der Waals surface area (Å²) in [5, 5.41) is 1.36. The van der Waals surface area contributed by atoms with E-state index in [0.717, 1.165) is 49.4 Å². The third kappa shape index (κ3) is 6.79. The van der Waals surface area contributed by atoms with Crippen molar-refractivity contribution in [2.45, 2.75) is 17.8 Å². The molecule has 5 rings (SSSR count). The molecule has 2 heterocycles. The normalized spacial score (nSPS) is 14.1. The standard InChI is InChI=1S/C31H32N4O2S.ClH/c1-23-8-6-12-27-28(23)30(37)33(2)31(32-27)38-22-25-13-15-26(16-14-25)29(36)35-20-18-34(19-21-35)17-7-11-24-9-4-3-5-10-24;/h3-16H,17-22H2,1-2H3;1H/b11-7+;. The second kappa shape index (κ2) is 13.1. The number of rotatable bonds is 7. The highest BCUT2D eigenvalue weighted by atomic mass is 35.5. The molecule has 4 aromatic rings. The molecule has 0 spiro atoms. The van der Waals surface area contributed by atoms with Crippen molar-refractivity contribution in [2.24, 2.45) is 7.05 Å². The van der Waals surface area contributed by atoms with E-state index < -0.39 is 0 Å². The van der Waals surface area contributed by atoms with Crippen molar-refractivity contribution >= 4 is 47.1 Å². The van der Waals surface area contributed by atoms with Crippen molar-refractivity contribution < 1.29 is 4.79 Å². The Bertz CT molecular complexity index is 1510. The number of piperazine rings is 1. The average molecular weight is 561 g/mol. The first-order valence-electron chi connectivity index (χ1n) is 12.9. The summed E-state index contributed by atoms with van der Waals surface area (Å²) in [4.78, 5) is 34.9. The molecule has 0 radical (unpaired) electrons. The van der Waals surface area contributed by atoms with Crippen molar-refractivity contribution in [2.75, 3.05) is 32.7 Å². The molecule has 0 atom stereocenters. The molecule has 0 aliphatic carbocycles. The smallest absolute Gasteiger partial charge is 0.262 e. The number of hydrogen-bond acceptors (Lipinski definition) is 5. The Kier molecular flexibility index (Phi) is 9.62. The molecule has 202 valence electrons. The van der Waals surface area contributed by atoms with Gasteiger partial charge in [0, 0.05) is 51.1 Å². The van der Waals surface area contributed by atoms with Gasteiger partial charge in [0.1, 0.15) is 0 Å². The fourth-order valence-corrected chi connectivity index (χ4v) is 5.62. The Morgan fingerprint density at radius 1 is 0.949 bits per heavy atom. The summed E-state index contributed by atoms with van der Waals surface area (Å²) < 4.78 is 1.62. The number of benzene rings is 3. The SMILES string of the molecule is Cc1cccc2nc(SCc3ccc(C(=O)N4CCN(C/C=C/c5ccccc5)CC4)cc3)n(C)c(=O)c12.Cl. The first-order valence-corrected chi connectivity index (χ1v) is 13.9. The van der Waals surface area contributed by atoms with Crippen molar-refractivity contribution in [3.63, 3.8) is 0 Å². The summed E-state index contributed by atoms with van der Waals surface area (Å²) in [5.41, 5.74) is 4.64. The van der Waals surface area contributed by atoms with Crippen molar-refractivity contribution in [1.82, 2.24) is 19.4 Å². The van der Waals surface area contributed by atoms with Crippen LogP contribution in [-0.2, 0) is 12.8 Å². The van der Waals surface area contributed by atoms with Gasteiger partial charge in [-0.1, -0.05) is 78.5 Å². The van der Waals surface area contributed by atoms with Gasteiger partial charge in [0.15, 0.2) is 5.16 Å². The van der Waals surface area contributed by atoms with E-state index in [-0.39, 0.29) is 23.9 Å². The highest BCUT2D eigenvalue weighted by molar-refractivity contribution is 7.98. The maximum Gasteiger partial charge on any atom is 0.262 e. The summed E-state index contributed by atoms with van der Waals surface area (Å²) in [5.74, 6) is 0.749. The lowest BCUT2D eigenvalue weighted by molar-refractivity contribution is 0.0650. The van der Waals surface area contributed by atoms with E-state index in [2.05, 4.69) is 29.2 Å². The maximum atomic E-state index is 13.1. The van der Waals surface area contributed by atoms with Gasteiger partial charge in [-0.25, -0.2) is 4.98 Å². The molecule has 0 N–H and O–H groups in total. The van der Waals surface area contributed by atoms with E-state index in [9.17, 15) is 9.59 Å². The van der Waals surface area contributed by atoms with Gasteiger partial charge >= 0.3 is 0 Å². The predicted molar refractivity (Wildman–Crippen MR) is 163 cm³/mol. The average Bonchev–Trinajstić information content (AvgIpc) is 2.95. The Hall–Kier alpha value is -3.39. The molecule has 0 saturated carbocycles. The van der Waals surface area contributed by atoms with Crippen LogP contribution in [-0.4, -0.2) is 58.0 Å². The Morgan fingerprint density at radius 2 is 1.67 bits per heavy atom. The number of carbonyl (C=O) groups is 1. The second-order valence-corrected chi connectivity index (χ2v) is 10.6. The number of hydrogen-bond donors (Lipinski definition) is 0. The second-order valence-electron chi connectivity index (χ2n) is 9.62. The van der Waals surface area contributed by atoms with Gasteiger partial charge in [-0.15, -0.1) is 12.4 Å². The molecule has 3 aromatic carbocycles. The number of fused-ring (bicyclic) bond motifs is 1. The van der Waals surface area contributed by atoms with Crippen LogP contribution >= 0.6 is 24.2 Å². The number of carbonyl (C=O) groups excluding carboxylic acids is 1. The van der Waals surface area contributed by atoms with E-state index in [0.29, 0.717) is 21.9 Å². The van der Waals surface area contributed by atoms with Gasteiger partial charge in [-0.05, 0) is 41.8 Å². The zero-order valence-corrected chi connectivity index (χ0v) is 23.9. The van der Waals surface area contributed by atoms with Crippen LogP contribution in [0.5, 0.6) is 0 Å². The number of nitrogens with zero attached hydrogens (tertiary/aromatic N) is 4. The summed E-state index contributed by atoms with van der Waals surface area (Å²) >= 11 is 1.53. The summed E-state index contributed by atoms with van der Waals surface area (Å²) in [6.45, 7) is 6.03. The molecule has 1 aromatic heterocycles. The van der Waals surface area contributed by atoms with Crippen molar-refractivity contribution in [3.05, 3.63) is 111 Å². The number of amides is 1. The van der Waals surface area contributed by atoms with Crippen LogP contribution < -0.4 is 5.56 Å². The number of halogens is 1. The molecule has 1 amide bonds. The maximum absolute atomic E-state index is 13.1. The fraction of sp³-hybridized carbons (Fsp3) is 0.258. The van der Waals surface area contributed by atoms with Crippen LogP contribution in [0.15, 0.2) is 88.8 Å². The molecular weight excluding hydrogens is 528 g/mol. The van der Waals surface area contributed by atoms with Crippen LogP contribution in [0.2, 0.25) is 0 Å². The predicted octanol–water partition coefficient (Wildman–Crippen LogP) is 5.43. The van der Waals surface area contributed by atoms with Gasteiger partial charge in [-0.2, -0.15) is 0 Å². The van der Waals surface area contributed by atoms with Crippen LogP contribution in [0.1, 0.15) is 27.0 Å². The molecule has 1 fully saturated rings. The van der Waals surface area contributed by atoms with Gasteiger partial charge in [0.05, 0.1) is 10.9 Å². The third-order valence-electron chi connectivity index (χ3n) is 6.97. The quantitative estimate of drug-likeness (QED) is 0.223. The number of thioether (sulfide) groups is 1. The zero-order chi connectivity index (χ0) is 26.5. The van der Waals surface area contributed by atoms with Gasteiger partial charge in [0.2, 0.25) is 0 Å². The summed E-state index contributed by atoms with van der Waals surface area (Å²) in [6, 6.07) is 23.9. The van der Waals surface area contributed by atoms with Crippen molar-refractivity contribution in [1.29, 1.82) is 0 Å². The molecule has 1 aliphatic heterocycles. The Labute approximate surface area is 239 Å². The minimum Gasteiger partial charge on any atom is -0.336 e. The molecule has 1 aliphatic rings. The summed E-state index contributed by atoms with van der Waals surface area (Å²) in [6.07, 6.45) is 4.34. The highest BCUT2D eigenvalue weighted by Crippen LogP contribution is 2.23. The van der Waals surface area contributed by atoms with Crippen LogP contribution in [0.4, 0.5) is 0 Å². The van der Waals surface area contributed by atoms with E-state index in [1.807, 2.05) is 72.5 Å². The Morgan fingerprint density at radius 3 is 2.38 bits per heavy atom. The van der Waals surface area contributed by atoms with Crippen molar-refractivity contribution in [3.8, 4) is 0 Å². The summed E-state index contributed by atoms with van der Waals surface area (Å²) in [7, 11) is 1.77. The molecule has 8 heteroatoms. The lowest BCUT2D eigenvalue weighted by Crippen LogP contribution is -2.48. The fourth-order valence-electron chi connectivity index (χ4n) is 4.69. The molecular formula is C31H33ClN4O2S. The first kappa shape index (κ1) is 28.6. The minimum absolute atomic E-state index is 0. The van der Waals surface area contributed by atoms with Gasteiger partial charge < -0.3 is 4.90 Å². The lowest BCUT2D eigenvalue weighted by atomic mass is 10.1. The van der Waals surface area contributed by atoms with Crippen LogP contribution in [0.3, 0.4) is 0 Å². The highest BCUT2D eigenvalue weighted by Gasteiger charge is 2.21. The largest absolute Gasteiger partial charge is 0.336 e. The third-order valence-corrected chi connectivity index (χ3v) is 8.08. The van der Waals surface area contributed by atoms with Crippen LogP contribution in [0.25, 0.3) is 17.0 Å². The molecule has 0 bridgehead atoms. The van der Waals surface area contributed by atoms with E-state index in [1.54, 1.807) is 11.6 Å². The number of aromatic nitrogens is 2. The molecule has 0 unspecified atom stereocenters. The minimum atomic E-state index is -0.0242. The molecule has 39 heavy (non-hydrogen) atoms. The monoisotopic (exact) mass is 560 g/mol. The van der Waals surface area contributed by atoms with E-state index >= 15 is 0 Å². The lowest BCUT2D eigenvalue weighted by Gasteiger charge is -2.34. The topological polar surface area (TPSA) is 58.4 Å². The van der Waals surface area contributed by atoms with E-state index in [4.69, 9.17) is 4.98 Å². The molecule has 1 saturated heterocycles. The molecule has 6 nitrogen and oxygen atoms in total. The zero-order valence-electron chi connectivity index (χ0n) is 22.2.